The highest BCUT2D eigenvalue weighted by Crippen LogP contribution is 2.42. The van der Waals surface area contributed by atoms with Gasteiger partial charge in [-0.2, -0.15) is 0 Å². The molecule has 0 saturated heterocycles. The van der Waals surface area contributed by atoms with E-state index >= 15 is 0 Å². The number of hydrogen-bond acceptors (Lipinski definition) is 5. The fourth-order valence-corrected chi connectivity index (χ4v) is 6.66. The number of thiophene rings is 1. The lowest BCUT2D eigenvalue weighted by molar-refractivity contribution is 1.07. The van der Waals surface area contributed by atoms with Crippen LogP contribution in [0.1, 0.15) is 0 Å². The molecule has 3 heterocycles. The summed E-state index contributed by atoms with van der Waals surface area (Å²) in [5.74, 6) is 1.98. The van der Waals surface area contributed by atoms with Crippen molar-refractivity contribution < 1.29 is 0 Å². The van der Waals surface area contributed by atoms with Crippen LogP contribution >= 0.6 is 11.3 Å². The summed E-state index contributed by atoms with van der Waals surface area (Å²) in [7, 11) is 0. The molecule has 0 aliphatic rings. The van der Waals surface area contributed by atoms with Gasteiger partial charge in [0.2, 0.25) is 0 Å². The third-order valence-corrected chi connectivity index (χ3v) is 8.64. The van der Waals surface area contributed by atoms with Gasteiger partial charge >= 0.3 is 0 Å². The van der Waals surface area contributed by atoms with Crippen molar-refractivity contribution in [1.82, 2.24) is 19.9 Å². The molecule has 192 valence electrons. The maximum Gasteiger partial charge on any atom is 0.164 e. The first-order valence-corrected chi connectivity index (χ1v) is 14.3. The molecule has 5 heteroatoms. The van der Waals surface area contributed by atoms with E-state index < -0.39 is 0 Å². The highest BCUT2D eigenvalue weighted by molar-refractivity contribution is 7.26. The Labute approximate surface area is 240 Å². The summed E-state index contributed by atoms with van der Waals surface area (Å²) < 4.78 is 2.55. The van der Waals surface area contributed by atoms with Crippen LogP contribution in [0, 0.1) is 0 Å². The molecule has 3 aromatic heterocycles. The molecule has 0 radical (unpaired) electrons. The van der Waals surface area contributed by atoms with Crippen LogP contribution < -0.4 is 0 Å². The topological polar surface area (TPSA) is 51.6 Å². The molecule has 0 N–H and O–H groups in total. The number of hydrogen-bond donors (Lipinski definition) is 0. The number of pyridine rings is 1. The molecule has 0 amide bonds. The van der Waals surface area contributed by atoms with Crippen LogP contribution in [0.15, 0.2) is 134 Å². The van der Waals surface area contributed by atoms with Gasteiger partial charge in [-0.25, -0.2) is 15.0 Å². The number of benzene rings is 5. The number of nitrogens with zero attached hydrogens (tertiary/aromatic N) is 4. The second kappa shape index (κ2) is 9.73. The van der Waals surface area contributed by atoms with E-state index in [9.17, 15) is 0 Å². The van der Waals surface area contributed by atoms with Crippen molar-refractivity contribution in [2.45, 2.75) is 0 Å². The van der Waals surface area contributed by atoms with Gasteiger partial charge in [0.1, 0.15) is 0 Å². The predicted octanol–water partition coefficient (Wildman–Crippen LogP) is 9.46. The van der Waals surface area contributed by atoms with Crippen molar-refractivity contribution in [1.29, 1.82) is 0 Å². The quantitative estimate of drug-likeness (QED) is 0.222. The monoisotopic (exact) mass is 542 g/mol. The molecule has 8 aromatic rings. The van der Waals surface area contributed by atoms with E-state index in [1.807, 2.05) is 84.4 Å². The molecule has 41 heavy (non-hydrogen) atoms. The van der Waals surface area contributed by atoms with E-state index in [-0.39, 0.29) is 0 Å². The van der Waals surface area contributed by atoms with Crippen molar-refractivity contribution in [2.75, 3.05) is 0 Å². The van der Waals surface area contributed by atoms with Gasteiger partial charge < -0.3 is 0 Å². The smallest absolute Gasteiger partial charge is 0.164 e. The summed E-state index contributed by atoms with van der Waals surface area (Å²) in [4.78, 5) is 19.0. The Morgan fingerprint density at radius 1 is 0.463 bits per heavy atom. The molecule has 0 bridgehead atoms. The van der Waals surface area contributed by atoms with Crippen molar-refractivity contribution in [2.24, 2.45) is 0 Å². The van der Waals surface area contributed by atoms with Crippen LogP contribution in [0.2, 0.25) is 0 Å². The van der Waals surface area contributed by atoms with E-state index in [1.54, 1.807) is 0 Å². The zero-order chi connectivity index (χ0) is 27.2. The predicted molar refractivity (Wildman–Crippen MR) is 170 cm³/mol. The Bertz CT molecular complexity index is 2130. The van der Waals surface area contributed by atoms with Crippen LogP contribution in [-0.2, 0) is 0 Å². The highest BCUT2D eigenvalue weighted by atomic mass is 32.1. The summed E-state index contributed by atoms with van der Waals surface area (Å²) >= 11 is 1.83. The van der Waals surface area contributed by atoms with Gasteiger partial charge in [0.15, 0.2) is 17.5 Å². The van der Waals surface area contributed by atoms with E-state index in [2.05, 4.69) is 65.6 Å². The van der Waals surface area contributed by atoms with E-state index in [1.165, 1.54) is 36.5 Å². The first-order chi connectivity index (χ1) is 20.3. The van der Waals surface area contributed by atoms with E-state index in [4.69, 9.17) is 15.0 Å². The van der Waals surface area contributed by atoms with Gasteiger partial charge in [0.25, 0.3) is 0 Å². The van der Waals surface area contributed by atoms with Crippen molar-refractivity contribution in [3.8, 4) is 45.3 Å². The molecule has 8 rings (SSSR count). The SMILES string of the molecule is c1ccc(-c2nc(-c3ccccc3)nc(-c3ccc(-c4cccc5ccc6c7cnccc7sc6c45)cc3)n2)cc1. The molecule has 0 atom stereocenters. The summed E-state index contributed by atoms with van der Waals surface area (Å²) in [5.41, 5.74) is 5.24. The summed E-state index contributed by atoms with van der Waals surface area (Å²) in [5, 5.41) is 4.97. The average molecular weight is 543 g/mol. The van der Waals surface area contributed by atoms with Gasteiger partial charge in [-0.15, -0.1) is 11.3 Å². The second-order valence-electron chi connectivity index (χ2n) is 9.94. The van der Waals surface area contributed by atoms with Gasteiger partial charge in [0, 0.05) is 54.6 Å². The van der Waals surface area contributed by atoms with Gasteiger partial charge in [-0.05, 0) is 22.6 Å². The van der Waals surface area contributed by atoms with Crippen LogP contribution in [0.3, 0.4) is 0 Å². The molecule has 0 spiro atoms. The molecule has 0 aliphatic carbocycles. The van der Waals surface area contributed by atoms with Crippen molar-refractivity contribution in [3.05, 3.63) is 134 Å². The fraction of sp³-hybridized carbons (Fsp3) is 0. The minimum absolute atomic E-state index is 0.654. The molecule has 0 unspecified atom stereocenters. The van der Waals surface area contributed by atoms with Crippen molar-refractivity contribution >= 4 is 42.3 Å². The lowest BCUT2D eigenvalue weighted by Gasteiger charge is -2.11. The van der Waals surface area contributed by atoms with Gasteiger partial charge in [-0.3, -0.25) is 4.98 Å². The highest BCUT2D eigenvalue weighted by Gasteiger charge is 2.15. The lowest BCUT2D eigenvalue weighted by atomic mass is 9.96. The van der Waals surface area contributed by atoms with Crippen LogP contribution in [-0.4, -0.2) is 19.9 Å². The van der Waals surface area contributed by atoms with E-state index in [0.29, 0.717) is 17.5 Å². The fourth-order valence-electron chi connectivity index (χ4n) is 5.42. The van der Waals surface area contributed by atoms with E-state index in [0.717, 1.165) is 22.3 Å². The Balaban J connectivity index is 1.26. The molecule has 0 fully saturated rings. The molecule has 5 aromatic carbocycles. The normalized spacial score (nSPS) is 11.4. The molecule has 0 aliphatic heterocycles. The zero-order valence-corrected chi connectivity index (χ0v) is 22.7. The maximum atomic E-state index is 4.89. The minimum atomic E-state index is 0.654. The summed E-state index contributed by atoms with van der Waals surface area (Å²) in [6.45, 7) is 0. The first kappa shape index (κ1) is 23.6. The third-order valence-electron chi connectivity index (χ3n) is 7.43. The van der Waals surface area contributed by atoms with Gasteiger partial charge in [0.05, 0.1) is 0 Å². The Hall–Kier alpha value is -5.26. The largest absolute Gasteiger partial charge is 0.264 e. The second-order valence-corrected chi connectivity index (χ2v) is 11.0. The minimum Gasteiger partial charge on any atom is -0.264 e. The third kappa shape index (κ3) is 4.15. The molecule has 4 nitrogen and oxygen atoms in total. The summed E-state index contributed by atoms with van der Waals surface area (Å²) in [6, 6.07) is 41.8. The Morgan fingerprint density at radius 3 is 1.73 bits per heavy atom. The average Bonchev–Trinajstić information content (AvgIpc) is 3.44. The number of rotatable bonds is 4. The van der Waals surface area contributed by atoms with Crippen LogP contribution in [0.4, 0.5) is 0 Å². The lowest BCUT2D eigenvalue weighted by Crippen LogP contribution is -2.00. The summed E-state index contributed by atoms with van der Waals surface area (Å²) in [6.07, 6.45) is 3.84. The zero-order valence-electron chi connectivity index (χ0n) is 21.9. The molecular formula is C36H22N4S. The number of aromatic nitrogens is 4. The molecule has 0 saturated carbocycles. The first-order valence-electron chi connectivity index (χ1n) is 13.5. The number of fused-ring (bicyclic) bond motifs is 5. The van der Waals surface area contributed by atoms with Gasteiger partial charge in [-0.1, -0.05) is 115 Å². The standard InChI is InChI=1S/C36H22N4S/c1-3-8-25(9-4-1)34-38-35(26-10-5-2-6-11-26)40-36(39-34)27-16-14-23(15-17-27)28-13-7-12-24-18-19-29-30-22-37-21-20-31(30)41-33(29)32(24)28/h1-22H. The Kier molecular flexibility index (Phi) is 5.61. The van der Waals surface area contributed by atoms with Crippen molar-refractivity contribution in [3.63, 3.8) is 0 Å². The maximum absolute atomic E-state index is 4.89. The Morgan fingerprint density at radius 2 is 1.07 bits per heavy atom. The van der Waals surface area contributed by atoms with Crippen LogP contribution in [0.5, 0.6) is 0 Å². The molecular weight excluding hydrogens is 520 g/mol. The van der Waals surface area contributed by atoms with Crippen LogP contribution in [0.25, 0.3) is 76.2 Å².